The second kappa shape index (κ2) is 3.63. The molecule has 6 heteroatoms. The number of quaternary nitrogens is 1. The largest absolute Gasteiger partial charge is 0.386 e. The van der Waals surface area contributed by atoms with Gasteiger partial charge >= 0.3 is 11.8 Å². The standard InChI is InChI=1S/C11H14NO4S/c13-6-4-12-8(15)3-1-2-7(14)9(10(12)16)11(12)17-5-6/h6,9,11,13H,1-5H2/q+1/t6?,9?,11-,12?/m0/s1. The summed E-state index contributed by atoms with van der Waals surface area (Å²) < 4.78 is -0.276. The lowest BCUT2D eigenvalue weighted by Gasteiger charge is -2.54. The van der Waals surface area contributed by atoms with Gasteiger partial charge < -0.3 is 5.11 Å². The summed E-state index contributed by atoms with van der Waals surface area (Å²) >= 11 is 1.40. The summed E-state index contributed by atoms with van der Waals surface area (Å²) in [5, 5.41) is 9.42. The van der Waals surface area contributed by atoms with Gasteiger partial charge in [-0.05, 0) is 6.42 Å². The van der Waals surface area contributed by atoms with Gasteiger partial charge in [-0.3, -0.25) is 4.79 Å². The van der Waals surface area contributed by atoms with Gasteiger partial charge in [0.15, 0.2) is 17.1 Å². The number of thioether (sulfide) groups is 1. The molecular weight excluding hydrogens is 242 g/mol. The number of carbonyl (C=O) groups excluding carboxylic acids is 3. The third-order valence-electron chi connectivity index (χ3n) is 3.94. The highest BCUT2D eigenvalue weighted by atomic mass is 32.2. The van der Waals surface area contributed by atoms with Crippen LogP contribution in [0.4, 0.5) is 0 Å². The maximum absolute atomic E-state index is 12.1. The molecule has 17 heavy (non-hydrogen) atoms. The van der Waals surface area contributed by atoms with Gasteiger partial charge in [0.05, 0.1) is 6.42 Å². The minimum atomic E-state index is -0.625. The van der Waals surface area contributed by atoms with E-state index in [1.165, 1.54) is 11.8 Å². The molecule has 0 aromatic carbocycles. The molecule has 3 aliphatic rings. The Morgan fingerprint density at radius 1 is 1.24 bits per heavy atom. The number of aliphatic hydroxyl groups is 1. The lowest BCUT2D eigenvalue weighted by Crippen LogP contribution is -2.81. The van der Waals surface area contributed by atoms with Gasteiger partial charge in [-0.1, -0.05) is 11.8 Å². The summed E-state index contributed by atoms with van der Waals surface area (Å²) in [4.78, 5) is 36.1. The van der Waals surface area contributed by atoms with Crippen molar-refractivity contribution in [1.82, 2.24) is 0 Å². The predicted molar refractivity (Wildman–Crippen MR) is 59.7 cm³/mol. The normalized spacial score (nSPS) is 45.7. The molecule has 3 fully saturated rings. The highest BCUT2D eigenvalue weighted by Crippen LogP contribution is 2.48. The van der Waals surface area contributed by atoms with E-state index >= 15 is 0 Å². The van der Waals surface area contributed by atoms with E-state index in [9.17, 15) is 19.5 Å². The van der Waals surface area contributed by atoms with E-state index in [1.54, 1.807) is 0 Å². The minimum absolute atomic E-state index is 0.0230. The van der Waals surface area contributed by atoms with E-state index in [0.29, 0.717) is 18.6 Å². The highest BCUT2D eigenvalue weighted by molar-refractivity contribution is 8.00. The molecule has 0 aromatic rings. The molecule has 0 radical (unpaired) electrons. The van der Waals surface area contributed by atoms with Crippen molar-refractivity contribution >= 4 is 29.4 Å². The number of amides is 2. The number of aliphatic hydroxyl groups excluding tert-OH is 1. The molecule has 92 valence electrons. The predicted octanol–water partition coefficient (Wildman–Crippen LogP) is -0.327. The quantitative estimate of drug-likeness (QED) is 0.278. The smallest absolute Gasteiger partial charge is 0.339 e. The Kier molecular flexibility index (Phi) is 2.43. The number of Topliss-reactive ketones (excluding diaryl/α,β-unsaturated/α-hetero) is 1. The first-order valence-electron chi connectivity index (χ1n) is 5.85. The van der Waals surface area contributed by atoms with Crippen molar-refractivity contribution in [1.29, 1.82) is 0 Å². The van der Waals surface area contributed by atoms with Crippen molar-refractivity contribution in [2.75, 3.05) is 12.3 Å². The summed E-state index contributed by atoms with van der Waals surface area (Å²) in [7, 11) is 0. The van der Waals surface area contributed by atoms with E-state index in [0.717, 1.165) is 0 Å². The molecule has 0 saturated carbocycles. The van der Waals surface area contributed by atoms with Crippen LogP contribution in [0.1, 0.15) is 19.3 Å². The van der Waals surface area contributed by atoms with Crippen LogP contribution in [0.15, 0.2) is 0 Å². The topological polar surface area (TPSA) is 71.4 Å². The number of rotatable bonds is 0. The Morgan fingerprint density at radius 2 is 2.00 bits per heavy atom. The lowest BCUT2D eigenvalue weighted by molar-refractivity contribution is -0.829. The highest BCUT2D eigenvalue weighted by Gasteiger charge is 2.72. The Morgan fingerprint density at radius 3 is 2.76 bits per heavy atom. The van der Waals surface area contributed by atoms with Gasteiger partial charge in [0.2, 0.25) is 0 Å². The maximum Gasteiger partial charge on any atom is 0.339 e. The fourth-order valence-corrected chi connectivity index (χ4v) is 4.66. The van der Waals surface area contributed by atoms with Crippen molar-refractivity contribution in [3.8, 4) is 0 Å². The van der Waals surface area contributed by atoms with Gasteiger partial charge in [-0.25, -0.2) is 9.59 Å². The Labute approximate surface area is 103 Å². The minimum Gasteiger partial charge on any atom is -0.386 e. The van der Waals surface area contributed by atoms with Gasteiger partial charge in [-0.15, -0.1) is 0 Å². The number of hydrogen-bond acceptors (Lipinski definition) is 5. The lowest BCUT2D eigenvalue weighted by atomic mass is 9.83. The number of carbonyl (C=O) groups is 3. The zero-order chi connectivity index (χ0) is 12.2. The fraction of sp³-hybridized carbons (Fsp3) is 0.727. The van der Waals surface area contributed by atoms with Crippen molar-refractivity contribution in [3.63, 3.8) is 0 Å². The van der Waals surface area contributed by atoms with Crippen LogP contribution >= 0.6 is 11.8 Å². The van der Waals surface area contributed by atoms with Crippen LogP contribution < -0.4 is 0 Å². The average molecular weight is 256 g/mol. The maximum atomic E-state index is 12.1. The molecule has 4 atom stereocenters. The summed E-state index contributed by atoms with van der Waals surface area (Å²) in [6, 6.07) is 0. The zero-order valence-corrected chi connectivity index (χ0v) is 10.1. The van der Waals surface area contributed by atoms with E-state index in [2.05, 4.69) is 0 Å². The summed E-state index contributed by atoms with van der Waals surface area (Å²) in [5.74, 6) is -0.512. The molecular formula is C11H14NO4S+. The summed E-state index contributed by atoms with van der Waals surface area (Å²) in [6.07, 6.45) is 0.518. The van der Waals surface area contributed by atoms with Crippen LogP contribution in [0.5, 0.6) is 0 Å². The number of β-lactam (4-membered cyclic amide) rings is 1. The first-order valence-corrected chi connectivity index (χ1v) is 6.90. The third-order valence-corrected chi connectivity index (χ3v) is 5.49. The van der Waals surface area contributed by atoms with Crippen molar-refractivity contribution < 1.29 is 24.0 Å². The molecule has 3 unspecified atom stereocenters. The van der Waals surface area contributed by atoms with Gasteiger partial charge in [-0.2, -0.15) is 4.48 Å². The van der Waals surface area contributed by atoms with Crippen LogP contribution in [0.2, 0.25) is 0 Å². The van der Waals surface area contributed by atoms with Crippen LogP contribution in [0.25, 0.3) is 0 Å². The second-order valence-electron chi connectivity index (χ2n) is 4.96. The number of ketones is 1. The van der Waals surface area contributed by atoms with Crippen molar-refractivity contribution in [2.24, 2.45) is 5.92 Å². The number of imide groups is 1. The molecule has 3 rings (SSSR count). The molecule has 3 aliphatic heterocycles. The van der Waals surface area contributed by atoms with E-state index < -0.39 is 12.0 Å². The van der Waals surface area contributed by atoms with Crippen LogP contribution in [-0.4, -0.2) is 51.0 Å². The Hall–Kier alpha value is -0.720. The molecule has 0 aliphatic carbocycles. The Bertz CT molecular complexity index is 424. The number of nitrogens with zero attached hydrogens (tertiary/aromatic N) is 1. The molecule has 1 N–H and O–H groups in total. The second-order valence-corrected chi connectivity index (χ2v) is 6.11. The molecule has 5 nitrogen and oxygen atoms in total. The first kappa shape index (κ1) is 11.4. The first-order chi connectivity index (χ1) is 8.07. The number of hydrogen-bond donors (Lipinski definition) is 1. The van der Waals surface area contributed by atoms with E-state index in [4.69, 9.17) is 0 Å². The van der Waals surface area contributed by atoms with E-state index in [-0.39, 0.29) is 40.4 Å². The van der Waals surface area contributed by atoms with Crippen LogP contribution in [0.3, 0.4) is 0 Å². The van der Waals surface area contributed by atoms with Gasteiger partial charge in [0, 0.05) is 12.2 Å². The molecule has 3 heterocycles. The average Bonchev–Trinajstić information content (AvgIpc) is 2.28. The molecule has 3 saturated heterocycles. The van der Waals surface area contributed by atoms with Gasteiger partial charge in [0.25, 0.3) is 0 Å². The molecule has 2 amide bonds. The van der Waals surface area contributed by atoms with Gasteiger partial charge in [0.1, 0.15) is 12.6 Å². The van der Waals surface area contributed by atoms with E-state index in [1.807, 2.05) is 0 Å². The fourth-order valence-electron chi connectivity index (χ4n) is 3.11. The molecule has 0 aromatic heterocycles. The van der Waals surface area contributed by atoms with Crippen LogP contribution in [-0.2, 0) is 14.4 Å². The monoisotopic (exact) mass is 256 g/mol. The Balaban J connectivity index is 2.02. The third kappa shape index (κ3) is 1.31. The van der Waals surface area contributed by atoms with Crippen LogP contribution in [0, 0.1) is 5.92 Å². The van der Waals surface area contributed by atoms with Crippen molar-refractivity contribution in [2.45, 2.75) is 30.7 Å². The summed E-state index contributed by atoms with van der Waals surface area (Å²) in [6.45, 7) is 0.166. The summed E-state index contributed by atoms with van der Waals surface area (Å²) in [5.41, 5.74) is 0. The SMILES string of the molecule is O=C1CCCC(=O)[N+]23CC(O)CS[C@H]2C1C3=O. The van der Waals surface area contributed by atoms with Crippen molar-refractivity contribution in [3.05, 3.63) is 0 Å². The molecule has 0 spiro atoms. The molecule has 2 bridgehead atoms. The zero-order valence-electron chi connectivity index (χ0n) is 9.30.